The van der Waals surface area contributed by atoms with Crippen molar-refractivity contribution in [1.29, 1.82) is 0 Å². The van der Waals surface area contributed by atoms with Gasteiger partial charge in [-0.2, -0.15) is 0 Å². The highest BCUT2D eigenvalue weighted by Gasteiger charge is 2.16. The number of anilines is 1. The average molecular weight is 434 g/mol. The van der Waals surface area contributed by atoms with Crippen LogP contribution in [-0.4, -0.2) is 26.2 Å². The number of para-hydroxylation sites is 1. The molecule has 156 valence electrons. The third-order valence-electron chi connectivity index (χ3n) is 4.66. The molecule has 0 radical (unpaired) electrons. The highest BCUT2D eigenvalue weighted by molar-refractivity contribution is 7.99. The Bertz CT molecular complexity index is 1340. The van der Waals surface area contributed by atoms with Crippen LogP contribution in [0.15, 0.2) is 70.7 Å². The number of benzene rings is 2. The van der Waals surface area contributed by atoms with Crippen LogP contribution in [0.5, 0.6) is 0 Å². The second kappa shape index (κ2) is 8.69. The zero-order chi connectivity index (χ0) is 22.0. The molecule has 31 heavy (non-hydrogen) atoms. The molecule has 0 bridgehead atoms. The van der Waals surface area contributed by atoms with Crippen LogP contribution in [0, 0.1) is 19.7 Å². The number of amides is 1. The van der Waals surface area contributed by atoms with Crippen LogP contribution in [0.1, 0.15) is 11.1 Å². The Hall–Kier alpha value is -3.52. The number of hydrogen-bond donors (Lipinski definition) is 1. The number of aryl methyl sites for hydroxylation is 2. The van der Waals surface area contributed by atoms with E-state index < -0.39 is 0 Å². The Morgan fingerprint density at radius 1 is 1.13 bits per heavy atom. The van der Waals surface area contributed by atoms with Gasteiger partial charge in [0, 0.05) is 11.9 Å². The molecule has 6 nitrogen and oxygen atoms in total. The number of rotatable bonds is 5. The maximum Gasteiger partial charge on any atom is 0.267 e. The summed E-state index contributed by atoms with van der Waals surface area (Å²) in [7, 11) is 0. The van der Waals surface area contributed by atoms with Crippen molar-refractivity contribution in [2.75, 3.05) is 11.1 Å². The number of fused-ring (bicyclic) bond motifs is 1. The van der Waals surface area contributed by atoms with E-state index in [9.17, 15) is 14.0 Å². The topological polar surface area (TPSA) is 76.9 Å². The molecule has 0 saturated carbocycles. The number of thioether (sulfide) groups is 1. The van der Waals surface area contributed by atoms with E-state index in [1.165, 1.54) is 10.6 Å². The Morgan fingerprint density at radius 3 is 2.68 bits per heavy atom. The van der Waals surface area contributed by atoms with Crippen LogP contribution in [0.2, 0.25) is 0 Å². The monoisotopic (exact) mass is 434 g/mol. The second-order valence-corrected chi connectivity index (χ2v) is 7.99. The van der Waals surface area contributed by atoms with Gasteiger partial charge in [0.1, 0.15) is 11.6 Å². The van der Waals surface area contributed by atoms with Gasteiger partial charge < -0.3 is 5.32 Å². The third-order valence-corrected chi connectivity index (χ3v) is 5.60. The van der Waals surface area contributed by atoms with Crippen LogP contribution < -0.4 is 10.9 Å². The maximum absolute atomic E-state index is 13.7. The molecule has 8 heteroatoms. The molecular weight excluding hydrogens is 415 g/mol. The van der Waals surface area contributed by atoms with Gasteiger partial charge in [0.2, 0.25) is 5.91 Å². The number of carbonyl (C=O) groups is 1. The predicted octanol–water partition coefficient (Wildman–Crippen LogP) is 4.27. The molecule has 0 unspecified atom stereocenters. The lowest BCUT2D eigenvalue weighted by atomic mass is 10.2. The lowest BCUT2D eigenvalue weighted by Crippen LogP contribution is -2.23. The molecule has 2 aromatic heterocycles. The minimum Gasteiger partial charge on any atom is -0.325 e. The smallest absolute Gasteiger partial charge is 0.267 e. The van der Waals surface area contributed by atoms with Gasteiger partial charge in [0.25, 0.3) is 5.56 Å². The number of nitrogens with one attached hydrogen (secondary N) is 1. The molecule has 4 aromatic rings. The molecule has 0 spiro atoms. The summed E-state index contributed by atoms with van der Waals surface area (Å²) >= 11 is 1.12. The summed E-state index contributed by atoms with van der Waals surface area (Å²) in [6.07, 6.45) is 1.67. The third kappa shape index (κ3) is 4.49. The summed E-state index contributed by atoms with van der Waals surface area (Å²) in [5, 5.41) is 3.49. The molecule has 1 N–H and O–H groups in total. The molecule has 0 aliphatic rings. The fourth-order valence-corrected chi connectivity index (χ4v) is 3.80. The van der Waals surface area contributed by atoms with Crippen molar-refractivity contribution < 1.29 is 9.18 Å². The Balaban J connectivity index is 1.65. The fraction of sp³-hybridized carbons (Fsp3) is 0.130. The second-order valence-electron chi connectivity index (χ2n) is 7.05. The number of halogens is 1. The van der Waals surface area contributed by atoms with Crippen LogP contribution >= 0.6 is 11.8 Å². The van der Waals surface area contributed by atoms with E-state index in [2.05, 4.69) is 15.3 Å². The average Bonchev–Trinajstić information content (AvgIpc) is 2.76. The molecule has 4 rings (SSSR count). The standard InChI is InChI=1S/C23H19FN4O2S/c1-14-7-10-20(25-12-14)28-22(30)17-5-3-4-6-19(17)27-23(28)31-13-21(29)26-16-9-8-15(2)18(24)11-16/h3-12H,13H2,1-2H3,(H,26,29). The van der Waals surface area contributed by atoms with Gasteiger partial charge in [0.15, 0.2) is 5.16 Å². The van der Waals surface area contributed by atoms with Crippen molar-refractivity contribution in [2.24, 2.45) is 0 Å². The molecule has 0 aliphatic heterocycles. The first-order chi connectivity index (χ1) is 14.9. The lowest BCUT2D eigenvalue weighted by Gasteiger charge is -2.13. The fourth-order valence-electron chi connectivity index (χ4n) is 3.00. The number of aromatic nitrogens is 3. The summed E-state index contributed by atoms with van der Waals surface area (Å²) < 4.78 is 15.1. The molecule has 2 heterocycles. The first-order valence-corrected chi connectivity index (χ1v) is 10.5. The first kappa shape index (κ1) is 20.7. The van der Waals surface area contributed by atoms with Gasteiger partial charge >= 0.3 is 0 Å². The summed E-state index contributed by atoms with van der Waals surface area (Å²) in [5.41, 5.74) is 2.12. The molecule has 2 aromatic carbocycles. The van der Waals surface area contributed by atoms with Crippen LogP contribution in [0.25, 0.3) is 16.7 Å². The normalized spacial score (nSPS) is 10.9. The number of nitrogens with zero attached hydrogens (tertiary/aromatic N) is 3. The predicted molar refractivity (Wildman–Crippen MR) is 120 cm³/mol. The first-order valence-electron chi connectivity index (χ1n) is 9.56. The van der Waals surface area contributed by atoms with Crippen molar-refractivity contribution in [3.63, 3.8) is 0 Å². The van der Waals surface area contributed by atoms with E-state index in [1.54, 1.807) is 55.6 Å². The highest BCUT2D eigenvalue weighted by Crippen LogP contribution is 2.21. The summed E-state index contributed by atoms with van der Waals surface area (Å²) in [4.78, 5) is 34.5. The molecule has 0 aliphatic carbocycles. The number of pyridine rings is 1. The van der Waals surface area contributed by atoms with Gasteiger partial charge in [0.05, 0.1) is 16.7 Å². The van der Waals surface area contributed by atoms with Crippen LogP contribution in [-0.2, 0) is 4.79 Å². The minimum absolute atomic E-state index is 0.00780. The van der Waals surface area contributed by atoms with E-state index in [1.807, 2.05) is 13.0 Å². The van der Waals surface area contributed by atoms with Gasteiger partial charge in [-0.25, -0.2) is 18.9 Å². The Labute approximate surface area is 182 Å². The van der Waals surface area contributed by atoms with Gasteiger partial charge in [-0.3, -0.25) is 9.59 Å². The maximum atomic E-state index is 13.7. The van der Waals surface area contributed by atoms with Gasteiger partial charge in [-0.1, -0.05) is 36.0 Å². The van der Waals surface area contributed by atoms with E-state index in [4.69, 9.17) is 0 Å². The molecule has 0 saturated heterocycles. The van der Waals surface area contributed by atoms with Crippen molar-refractivity contribution in [2.45, 2.75) is 19.0 Å². The zero-order valence-corrected chi connectivity index (χ0v) is 17.7. The van der Waals surface area contributed by atoms with E-state index in [-0.39, 0.29) is 23.0 Å². The highest BCUT2D eigenvalue weighted by atomic mass is 32.2. The minimum atomic E-state index is -0.388. The van der Waals surface area contributed by atoms with Crippen molar-refractivity contribution in [3.05, 3.63) is 88.1 Å². The van der Waals surface area contributed by atoms with Gasteiger partial charge in [-0.15, -0.1) is 0 Å². The molecule has 0 atom stereocenters. The largest absolute Gasteiger partial charge is 0.325 e. The zero-order valence-electron chi connectivity index (χ0n) is 16.9. The summed E-state index contributed by atoms with van der Waals surface area (Å²) in [5.74, 6) is -0.302. The van der Waals surface area contributed by atoms with Crippen molar-refractivity contribution >= 4 is 34.3 Å². The molecule has 0 fully saturated rings. The molecule has 1 amide bonds. The van der Waals surface area contributed by atoms with Crippen molar-refractivity contribution in [3.8, 4) is 5.82 Å². The number of carbonyl (C=O) groups excluding carboxylic acids is 1. The van der Waals surface area contributed by atoms with Crippen LogP contribution in [0.3, 0.4) is 0 Å². The SMILES string of the molecule is Cc1ccc(-n2c(SCC(=O)Nc3ccc(C)c(F)c3)nc3ccccc3c2=O)nc1. The van der Waals surface area contributed by atoms with Crippen LogP contribution in [0.4, 0.5) is 10.1 Å². The molecular formula is C23H19FN4O2S. The Morgan fingerprint density at radius 2 is 1.94 bits per heavy atom. The van der Waals surface area contributed by atoms with Gasteiger partial charge in [-0.05, 0) is 55.3 Å². The Kier molecular flexibility index (Phi) is 5.81. The summed E-state index contributed by atoms with van der Waals surface area (Å²) in [6, 6.07) is 15.2. The van der Waals surface area contributed by atoms with Crippen molar-refractivity contribution in [1.82, 2.24) is 14.5 Å². The number of hydrogen-bond acceptors (Lipinski definition) is 5. The van der Waals surface area contributed by atoms with E-state index in [0.717, 1.165) is 17.3 Å². The lowest BCUT2D eigenvalue weighted by molar-refractivity contribution is -0.113. The quantitative estimate of drug-likeness (QED) is 0.375. The van der Waals surface area contributed by atoms with E-state index in [0.29, 0.717) is 33.1 Å². The summed E-state index contributed by atoms with van der Waals surface area (Å²) in [6.45, 7) is 3.56. The van der Waals surface area contributed by atoms with E-state index >= 15 is 0 Å².